The van der Waals surface area contributed by atoms with Crippen molar-refractivity contribution in [1.29, 1.82) is 0 Å². The number of ether oxygens (including phenoxy) is 3. The quantitative estimate of drug-likeness (QED) is 0.239. The molecule has 3 aromatic rings. The maximum Gasteiger partial charge on any atom is 0.333 e. The van der Waals surface area contributed by atoms with Crippen LogP contribution >= 0.6 is 0 Å². The zero-order valence-corrected chi connectivity index (χ0v) is 17.9. The number of benzene rings is 2. The highest BCUT2D eigenvalue weighted by molar-refractivity contribution is 5.81. The molecule has 6 nitrogen and oxygen atoms in total. The molecule has 0 aliphatic rings. The highest BCUT2D eigenvalue weighted by Gasteiger charge is 2.05. The lowest BCUT2D eigenvalue weighted by Crippen LogP contribution is -2.07. The second-order valence-corrected chi connectivity index (χ2v) is 6.25. The number of carbonyl (C=O) groups is 1. The second kappa shape index (κ2) is 12.4. The van der Waals surface area contributed by atoms with Gasteiger partial charge in [0, 0.05) is 47.4 Å². The van der Waals surface area contributed by atoms with Crippen molar-refractivity contribution < 1.29 is 19.0 Å². The SMILES string of the molecule is C#CC#CC#CC#COc1ccc(-c2cnc(-c3ccc(OCOC(=O)C=C)cc3)nc2)cc1. The van der Waals surface area contributed by atoms with E-state index in [2.05, 4.69) is 58.2 Å². The maximum atomic E-state index is 11.0. The Bertz CT molecular complexity index is 1380. The zero-order chi connectivity index (χ0) is 24.0. The van der Waals surface area contributed by atoms with E-state index in [0.29, 0.717) is 17.3 Å². The van der Waals surface area contributed by atoms with Crippen LogP contribution in [0.2, 0.25) is 0 Å². The van der Waals surface area contributed by atoms with Gasteiger partial charge in [-0.3, -0.25) is 0 Å². The van der Waals surface area contributed by atoms with Gasteiger partial charge in [-0.2, -0.15) is 0 Å². The van der Waals surface area contributed by atoms with Gasteiger partial charge >= 0.3 is 5.97 Å². The predicted octanol–water partition coefficient (Wildman–Crippen LogP) is 3.86. The van der Waals surface area contributed by atoms with Gasteiger partial charge in [0.25, 0.3) is 0 Å². The summed E-state index contributed by atoms with van der Waals surface area (Å²) in [5.74, 6) is 15.6. The van der Waals surface area contributed by atoms with Gasteiger partial charge in [-0.05, 0) is 59.7 Å². The van der Waals surface area contributed by atoms with E-state index in [-0.39, 0.29) is 6.79 Å². The van der Waals surface area contributed by atoms with E-state index in [9.17, 15) is 4.79 Å². The van der Waals surface area contributed by atoms with Crippen LogP contribution in [0, 0.1) is 48.1 Å². The molecule has 6 heteroatoms. The lowest BCUT2D eigenvalue weighted by atomic mass is 10.1. The molecule has 0 aliphatic heterocycles. The maximum absolute atomic E-state index is 11.0. The third kappa shape index (κ3) is 7.07. The van der Waals surface area contributed by atoms with Crippen molar-refractivity contribution in [3.63, 3.8) is 0 Å². The van der Waals surface area contributed by atoms with E-state index < -0.39 is 5.97 Å². The molecule has 0 unspecified atom stereocenters. The van der Waals surface area contributed by atoms with Gasteiger partial charge in [0.15, 0.2) is 5.82 Å². The molecule has 1 aromatic heterocycles. The van der Waals surface area contributed by atoms with Crippen LogP contribution in [0.1, 0.15) is 0 Å². The van der Waals surface area contributed by atoms with Crippen molar-refractivity contribution in [2.24, 2.45) is 0 Å². The first kappa shape index (κ1) is 23.2. The number of terminal acetylenes is 1. The monoisotopic (exact) mass is 444 g/mol. The fourth-order valence-electron chi connectivity index (χ4n) is 2.50. The minimum absolute atomic E-state index is 0.192. The lowest BCUT2D eigenvalue weighted by molar-refractivity contribution is -0.144. The van der Waals surface area contributed by atoms with Crippen molar-refractivity contribution >= 4 is 5.97 Å². The molecule has 0 spiro atoms. The van der Waals surface area contributed by atoms with Crippen LogP contribution < -0.4 is 9.47 Å². The molecule has 0 saturated heterocycles. The van der Waals surface area contributed by atoms with Gasteiger partial charge in [-0.15, -0.1) is 6.42 Å². The molecule has 162 valence electrons. The summed E-state index contributed by atoms with van der Waals surface area (Å²) in [5, 5.41) is 0. The summed E-state index contributed by atoms with van der Waals surface area (Å²) in [7, 11) is 0. The van der Waals surface area contributed by atoms with E-state index in [0.717, 1.165) is 22.8 Å². The number of carbonyl (C=O) groups excluding carboxylic acids is 1. The van der Waals surface area contributed by atoms with E-state index in [4.69, 9.17) is 20.6 Å². The zero-order valence-electron chi connectivity index (χ0n) is 17.9. The summed E-state index contributed by atoms with van der Waals surface area (Å²) in [6.07, 6.45) is 12.0. The van der Waals surface area contributed by atoms with Crippen molar-refractivity contribution in [2.75, 3.05) is 6.79 Å². The van der Waals surface area contributed by atoms with Crippen molar-refractivity contribution in [1.82, 2.24) is 9.97 Å². The topological polar surface area (TPSA) is 70.5 Å². The van der Waals surface area contributed by atoms with Crippen molar-refractivity contribution in [3.8, 4) is 82.1 Å². The number of rotatable bonds is 7. The molecule has 3 rings (SSSR count). The summed E-state index contributed by atoms with van der Waals surface area (Å²) in [5.41, 5.74) is 2.59. The Kier molecular flexibility index (Phi) is 8.50. The summed E-state index contributed by atoms with van der Waals surface area (Å²) in [6.45, 7) is 3.13. The highest BCUT2D eigenvalue weighted by atomic mass is 16.7. The van der Waals surface area contributed by atoms with Crippen LogP contribution in [-0.2, 0) is 9.53 Å². The minimum atomic E-state index is -0.547. The molecule has 2 aromatic carbocycles. The molecule has 0 atom stereocenters. The van der Waals surface area contributed by atoms with E-state index in [1.165, 1.54) is 0 Å². The fourth-order valence-corrected chi connectivity index (χ4v) is 2.50. The number of nitrogens with zero attached hydrogens (tertiary/aromatic N) is 2. The lowest BCUT2D eigenvalue weighted by Gasteiger charge is -2.07. The van der Waals surface area contributed by atoms with Gasteiger partial charge in [0.05, 0.1) is 0 Å². The van der Waals surface area contributed by atoms with E-state index >= 15 is 0 Å². The molecule has 1 heterocycles. The summed E-state index contributed by atoms with van der Waals surface area (Å²) < 4.78 is 15.4. The highest BCUT2D eigenvalue weighted by Crippen LogP contribution is 2.24. The average Bonchev–Trinajstić information content (AvgIpc) is 2.89. The largest absolute Gasteiger partial charge is 0.457 e. The van der Waals surface area contributed by atoms with Crippen LogP contribution in [0.15, 0.2) is 73.6 Å². The van der Waals surface area contributed by atoms with Crippen LogP contribution in [0.5, 0.6) is 11.5 Å². The number of hydrogen-bond donors (Lipinski definition) is 0. The third-order valence-electron chi connectivity index (χ3n) is 4.09. The predicted molar refractivity (Wildman–Crippen MR) is 127 cm³/mol. The van der Waals surface area contributed by atoms with Gasteiger partial charge < -0.3 is 14.2 Å². The Morgan fingerprint density at radius 2 is 1.47 bits per heavy atom. The first-order valence-corrected chi connectivity index (χ1v) is 9.77. The van der Waals surface area contributed by atoms with Crippen LogP contribution in [-0.4, -0.2) is 22.7 Å². The Morgan fingerprint density at radius 1 is 0.853 bits per heavy atom. The molecule has 0 saturated carbocycles. The normalized spacial score (nSPS) is 8.79. The van der Waals surface area contributed by atoms with Gasteiger partial charge in [-0.25, -0.2) is 14.8 Å². The molecule has 0 radical (unpaired) electrons. The molecule has 0 fully saturated rings. The van der Waals surface area contributed by atoms with E-state index in [1.54, 1.807) is 36.7 Å². The van der Waals surface area contributed by atoms with Crippen molar-refractivity contribution in [2.45, 2.75) is 0 Å². The summed E-state index contributed by atoms with van der Waals surface area (Å²) in [6, 6.07) is 14.5. The standard InChI is InChI=1S/C28H16N2O4/c1-3-5-6-7-8-9-18-32-25-14-10-22(11-15-25)24-19-29-28(30-20-24)23-12-16-26(17-13-23)33-21-34-27(31)4-2/h1,4,10-17,19-20H,2,21H2. The van der Waals surface area contributed by atoms with E-state index in [1.807, 2.05) is 24.3 Å². The summed E-state index contributed by atoms with van der Waals surface area (Å²) >= 11 is 0. The first-order valence-electron chi connectivity index (χ1n) is 9.77. The Hall–Kier alpha value is -5.43. The first-order chi connectivity index (χ1) is 16.7. The fraction of sp³-hybridized carbons (Fsp3) is 0.0357. The summed E-state index contributed by atoms with van der Waals surface area (Å²) in [4.78, 5) is 19.9. The average molecular weight is 444 g/mol. The van der Waals surface area contributed by atoms with Crippen LogP contribution in [0.4, 0.5) is 0 Å². The van der Waals surface area contributed by atoms with Gasteiger partial charge in [0.1, 0.15) is 17.6 Å². The Labute approximate surface area is 197 Å². The molecule has 0 amide bonds. The van der Waals surface area contributed by atoms with Gasteiger partial charge in [-0.1, -0.05) is 18.7 Å². The van der Waals surface area contributed by atoms with Crippen LogP contribution in [0.3, 0.4) is 0 Å². The number of hydrogen-bond acceptors (Lipinski definition) is 6. The molecule has 34 heavy (non-hydrogen) atoms. The molecule has 0 bridgehead atoms. The third-order valence-corrected chi connectivity index (χ3v) is 4.09. The smallest absolute Gasteiger partial charge is 0.333 e. The Morgan fingerprint density at radius 3 is 2.15 bits per heavy atom. The molecule has 0 aliphatic carbocycles. The number of aromatic nitrogens is 2. The second-order valence-electron chi connectivity index (χ2n) is 6.25. The molecular formula is C28H16N2O4. The number of esters is 1. The molecule has 0 N–H and O–H groups in total. The van der Waals surface area contributed by atoms with Gasteiger partial charge in [0.2, 0.25) is 6.79 Å². The molecular weight excluding hydrogens is 428 g/mol. The van der Waals surface area contributed by atoms with Crippen molar-refractivity contribution in [3.05, 3.63) is 73.6 Å². The van der Waals surface area contributed by atoms with Crippen LogP contribution in [0.25, 0.3) is 22.5 Å². The Balaban J connectivity index is 1.58. The minimum Gasteiger partial charge on any atom is -0.457 e.